The second kappa shape index (κ2) is 12.2. The van der Waals surface area contributed by atoms with Gasteiger partial charge >= 0.3 is 11.9 Å². The molecular formula is C21H27N3O7. The summed E-state index contributed by atoms with van der Waals surface area (Å²) in [5, 5.41) is 2.80. The van der Waals surface area contributed by atoms with Gasteiger partial charge in [-0.25, -0.2) is 14.6 Å². The summed E-state index contributed by atoms with van der Waals surface area (Å²) in [4.78, 5) is 52.5. The third-order valence-corrected chi connectivity index (χ3v) is 3.34. The number of hydrogen-bond donors (Lipinski definition) is 2. The van der Waals surface area contributed by atoms with E-state index in [-0.39, 0.29) is 35.8 Å². The molecule has 0 saturated heterocycles. The molecule has 31 heavy (non-hydrogen) atoms. The van der Waals surface area contributed by atoms with Gasteiger partial charge in [0.1, 0.15) is 11.4 Å². The molecule has 2 rings (SSSR count). The highest BCUT2D eigenvalue weighted by molar-refractivity contribution is 5.94. The molecule has 2 aromatic rings. The van der Waals surface area contributed by atoms with Crippen LogP contribution in [0.25, 0.3) is 0 Å². The van der Waals surface area contributed by atoms with Gasteiger partial charge in [-0.05, 0) is 46.9 Å². The predicted molar refractivity (Wildman–Crippen MR) is 112 cm³/mol. The summed E-state index contributed by atoms with van der Waals surface area (Å²) in [6.07, 6.45) is 0. The van der Waals surface area contributed by atoms with E-state index in [9.17, 15) is 19.2 Å². The lowest BCUT2D eigenvalue weighted by atomic mass is 10.2. The summed E-state index contributed by atoms with van der Waals surface area (Å²) in [7, 11) is 1.66. The lowest BCUT2D eigenvalue weighted by Gasteiger charge is -2.14. The fourth-order valence-corrected chi connectivity index (χ4v) is 2.06. The van der Waals surface area contributed by atoms with Gasteiger partial charge in [0, 0.05) is 0 Å². The molecule has 2 N–H and O–H groups in total. The molecule has 0 atom stereocenters. The standard InChI is InChI=1S/C16H17N3O5.C5H10O2/c1-3-23-16(22)12-13(14(20)19-11(18-12)9-17-2)24-15(21)10-7-5-4-6-8-10;1-5(2,3)7-4-6/h4-8,17H,3,9H2,1-2H3,(H,18,19,20);4H,1-3H3. The molecule has 10 nitrogen and oxygen atoms in total. The van der Waals surface area contributed by atoms with Crippen molar-refractivity contribution in [2.24, 2.45) is 0 Å². The first-order valence-corrected chi connectivity index (χ1v) is 9.46. The molecule has 0 unspecified atom stereocenters. The Balaban J connectivity index is 0.000000592. The van der Waals surface area contributed by atoms with Crippen molar-refractivity contribution in [3.8, 4) is 5.75 Å². The Morgan fingerprint density at radius 2 is 1.81 bits per heavy atom. The van der Waals surface area contributed by atoms with Gasteiger partial charge in [0.25, 0.3) is 12.0 Å². The van der Waals surface area contributed by atoms with Gasteiger partial charge in [0.05, 0.1) is 18.7 Å². The molecule has 0 bridgehead atoms. The van der Waals surface area contributed by atoms with Gasteiger partial charge in [-0.15, -0.1) is 0 Å². The number of nitrogens with zero attached hydrogens (tertiary/aromatic N) is 1. The van der Waals surface area contributed by atoms with E-state index in [1.165, 1.54) is 12.1 Å². The maximum Gasteiger partial charge on any atom is 0.361 e. The molecule has 0 aliphatic carbocycles. The van der Waals surface area contributed by atoms with Crippen LogP contribution in [-0.2, 0) is 20.8 Å². The number of nitrogens with one attached hydrogen (secondary N) is 2. The summed E-state index contributed by atoms with van der Waals surface area (Å²) in [6.45, 7) is 7.87. The zero-order chi connectivity index (χ0) is 23.4. The van der Waals surface area contributed by atoms with Crippen molar-refractivity contribution in [2.45, 2.75) is 39.8 Å². The number of carbonyl (C=O) groups is 3. The van der Waals surface area contributed by atoms with Gasteiger partial charge in [-0.2, -0.15) is 0 Å². The highest BCUT2D eigenvalue weighted by Gasteiger charge is 2.23. The number of esters is 2. The van der Waals surface area contributed by atoms with Crippen molar-refractivity contribution in [1.82, 2.24) is 15.3 Å². The first-order valence-electron chi connectivity index (χ1n) is 9.46. The van der Waals surface area contributed by atoms with Crippen molar-refractivity contribution in [3.63, 3.8) is 0 Å². The van der Waals surface area contributed by atoms with Gasteiger partial charge in [0.2, 0.25) is 5.75 Å². The average molecular weight is 433 g/mol. The van der Waals surface area contributed by atoms with Crippen molar-refractivity contribution < 1.29 is 28.6 Å². The highest BCUT2D eigenvalue weighted by Crippen LogP contribution is 2.14. The van der Waals surface area contributed by atoms with E-state index in [4.69, 9.17) is 9.47 Å². The molecular weight excluding hydrogens is 406 g/mol. The lowest BCUT2D eigenvalue weighted by Crippen LogP contribution is -2.25. The van der Waals surface area contributed by atoms with Crippen molar-refractivity contribution in [3.05, 3.63) is 57.8 Å². The summed E-state index contributed by atoms with van der Waals surface area (Å²) in [5.41, 5.74) is -1.15. The minimum Gasteiger partial charge on any atom is -0.462 e. The summed E-state index contributed by atoms with van der Waals surface area (Å²) in [5.74, 6) is -1.86. The van der Waals surface area contributed by atoms with E-state index in [1.54, 1.807) is 32.2 Å². The monoisotopic (exact) mass is 433 g/mol. The Morgan fingerprint density at radius 1 is 1.16 bits per heavy atom. The Hall–Kier alpha value is -3.53. The fraction of sp³-hybridized carbons (Fsp3) is 0.381. The van der Waals surface area contributed by atoms with Gasteiger partial charge in [0.15, 0.2) is 5.69 Å². The Kier molecular flexibility index (Phi) is 10.1. The first kappa shape index (κ1) is 25.5. The summed E-state index contributed by atoms with van der Waals surface area (Å²) < 4.78 is 14.5. The van der Waals surface area contributed by atoms with Crippen LogP contribution >= 0.6 is 0 Å². The molecule has 0 saturated carbocycles. The molecule has 1 aromatic heterocycles. The number of benzene rings is 1. The van der Waals surface area contributed by atoms with Crippen LogP contribution in [0, 0.1) is 0 Å². The summed E-state index contributed by atoms with van der Waals surface area (Å²) >= 11 is 0. The number of ether oxygens (including phenoxy) is 3. The topological polar surface area (TPSA) is 137 Å². The third kappa shape index (κ3) is 8.79. The largest absolute Gasteiger partial charge is 0.462 e. The molecule has 0 aliphatic heterocycles. The second-order valence-electron chi connectivity index (χ2n) is 7.02. The molecule has 168 valence electrons. The first-order chi connectivity index (χ1) is 14.6. The van der Waals surface area contributed by atoms with Gasteiger partial charge in [-0.3, -0.25) is 9.59 Å². The molecule has 0 radical (unpaired) electrons. The van der Waals surface area contributed by atoms with E-state index >= 15 is 0 Å². The van der Waals surface area contributed by atoms with E-state index < -0.39 is 23.2 Å². The SMILES string of the molecule is CC(C)(C)OC=O.CCOC(=O)c1nc(CNC)[nH]c(=O)c1OC(=O)c1ccccc1. The van der Waals surface area contributed by atoms with E-state index in [0.717, 1.165) is 0 Å². The van der Waals surface area contributed by atoms with Crippen molar-refractivity contribution >= 4 is 18.4 Å². The minimum atomic E-state index is -0.836. The van der Waals surface area contributed by atoms with E-state index in [2.05, 4.69) is 20.0 Å². The van der Waals surface area contributed by atoms with Crippen molar-refractivity contribution in [1.29, 1.82) is 0 Å². The normalized spacial score (nSPS) is 10.4. The number of hydrogen-bond acceptors (Lipinski definition) is 9. The molecule has 0 amide bonds. The Labute approximate surface area is 179 Å². The maximum absolute atomic E-state index is 12.2. The van der Waals surface area contributed by atoms with Crippen LogP contribution in [0.2, 0.25) is 0 Å². The van der Waals surface area contributed by atoms with Crippen LogP contribution < -0.4 is 15.6 Å². The van der Waals surface area contributed by atoms with Gasteiger partial charge < -0.3 is 24.5 Å². The predicted octanol–water partition coefficient (Wildman–Crippen LogP) is 1.84. The van der Waals surface area contributed by atoms with E-state index in [0.29, 0.717) is 6.47 Å². The molecule has 0 spiro atoms. The van der Waals surface area contributed by atoms with Crippen LogP contribution in [0.15, 0.2) is 35.1 Å². The Bertz CT molecular complexity index is 934. The number of H-pyrrole nitrogens is 1. The van der Waals surface area contributed by atoms with Crippen LogP contribution in [0.5, 0.6) is 5.75 Å². The van der Waals surface area contributed by atoms with Crippen molar-refractivity contribution in [2.75, 3.05) is 13.7 Å². The Morgan fingerprint density at radius 3 is 2.29 bits per heavy atom. The second-order valence-corrected chi connectivity index (χ2v) is 7.02. The molecule has 1 aromatic carbocycles. The highest BCUT2D eigenvalue weighted by atomic mass is 16.6. The molecule has 0 fully saturated rings. The number of carbonyl (C=O) groups excluding carboxylic acids is 3. The van der Waals surface area contributed by atoms with Crippen LogP contribution in [0.3, 0.4) is 0 Å². The number of aromatic nitrogens is 2. The third-order valence-electron chi connectivity index (χ3n) is 3.34. The molecule has 10 heteroatoms. The zero-order valence-electron chi connectivity index (χ0n) is 18.2. The number of rotatable bonds is 7. The minimum absolute atomic E-state index is 0.0980. The van der Waals surface area contributed by atoms with Crippen LogP contribution in [-0.4, -0.2) is 47.6 Å². The molecule has 0 aliphatic rings. The summed E-state index contributed by atoms with van der Waals surface area (Å²) in [6, 6.07) is 8.11. The maximum atomic E-state index is 12.2. The number of aromatic amines is 1. The zero-order valence-corrected chi connectivity index (χ0v) is 18.2. The smallest absolute Gasteiger partial charge is 0.361 e. The van der Waals surface area contributed by atoms with Gasteiger partial charge in [-0.1, -0.05) is 18.2 Å². The fourth-order valence-electron chi connectivity index (χ4n) is 2.06. The molecule has 1 heterocycles. The average Bonchev–Trinajstić information content (AvgIpc) is 2.70. The quantitative estimate of drug-likeness (QED) is 0.495. The van der Waals surface area contributed by atoms with Crippen LogP contribution in [0.1, 0.15) is 54.4 Å². The van der Waals surface area contributed by atoms with Crippen LogP contribution in [0.4, 0.5) is 0 Å². The lowest BCUT2D eigenvalue weighted by molar-refractivity contribution is -0.138. The van der Waals surface area contributed by atoms with E-state index in [1.807, 2.05) is 20.8 Å².